The molecule has 1 aliphatic rings. The number of pyridine rings is 1. The molecule has 7 nitrogen and oxygen atoms in total. The zero-order valence-electron chi connectivity index (χ0n) is 16.3. The fourth-order valence-electron chi connectivity index (χ4n) is 3.52. The molecule has 0 saturated carbocycles. The maximum absolute atomic E-state index is 12.6. The van der Waals surface area contributed by atoms with Gasteiger partial charge in [-0.15, -0.1) is 0 Å². The van der Waals surface area contributed by atoms with Crippen molar-refractivity contribution in [3.63, 3.8) is 0 Å². The van der Waals surface area contributed by atoms with Crippen LogP contribution in [-0.2, 0) is 6.42 Å². The molecule has 3 heterocycles. The van der Waals surface area contributed by atoms with E-state index in [1.165, 1.54) is 11.9 Å². The normalized spacial score (nSPS) is 15.6. The van der Waals surface area contributed by atoms with Crippen LogP contribution in [0, 0.1) is 0 Å². The van der Waals surface area contributed by atoms with Gasteiger partial charge in [-0.2, -0.15) is 0 Å². The smallest absolute Gasteiger partial charge is 0.257 e. The number of hydrogen-bond donors (Lipinski definition) is 1. The minimum absolute atomic E-state index is 0.193. The van der Waals surface area contributed by atoms with Gasteiger partial charge in [-0.25, -0.2) is 4.98 Å². The number of fused-ring (bicyclic) bond motifs is 1. The van der Waals surface area contributed by atoms with E-state index >= 15 is 0 Å². The molecule has 0 aliphatic carbocycles. The number of nitrogens with zero attached hydrogens (tertiary/aromatic N) is 4. The Morgan fingerprint density at radius 2 is 2.00 bits per heavy atom. The Balaban J connectivity index is 1.46. The predicted octanol–water partition coefficient (Wildman–Crippen LogP) is 3.18. The molecule has 0 bridgehead atoms. The molecule has 1 fully saturated rings. The summed E-state index contributed by atoms with van der Waals surface area (Å²) in [6, 6.07) is 9.82. The number of likely N-dealkylation sites (N-methyl/N-ethyl adjacent to an activating group) is 1. The van der Waals surface area contributed by atoms with Crippen molar-refractivity contribution in [3.05, 3.63) is 47.8 Å². The third-order valence-electron chi connectivity index (χ3n) is 5.21. The zero-order valence-corrected chi connectivity index (χ0v) is 16.3. The van der Waals surface area contributed by atoms with Crippen molar-refractivity contribution in [1.29, 1.82) is 0 Å². The Morgan fingerprint density at radius 3 is 2.79 bits per heavy atom. The highest BCUT2D eigenvalue weighted by atomic mass is 16.5. The SMILES string of the molecule is CCc1noc2ncc(C(=O)Nc3ccc(N4CCCN(C)CC4)cc3)cc12. The number of rotatable bonds is 4. The number of carbonyl (C=O) groups is 1. The molecule has 1 aliphatic heterocycles. The first-order valence-corrected chi connectivity index (χ1v) is 9.73. The molecule has 0 spiro atoms. The molecule has 0 unspecified atom stereocenters. The van der Waals surface area contributed by atoms with E-state index in [9.17, 15) is 4.79 Å². The molecule has 1 aromatic carbocycles. The van der Waals surface area contributed by atoms with E-state index in [2.05, 4.69) is 44.4 Å². The van der Waals surface area contributed by atoms with Gasteiger partial charge in [0.25, 0.3) is 11.6 Å². The van der Waals surface area contributed by atoms with Crippen molar-refractivity contribution in [2.75, 3.05) is 43.4 Å². The largest absolute Gasteiger partial charge is 0.370 e. The number of amides is 1. The maximum atomic E-state index is 12.6. The highest BCUT2D eigenvalue weighted by Gasteiger charge is 2.15. The molecule has 146 valence electrons. The lowest BCUT2D eigenvalue weighted by Gasteiger charge is -2.23. The number of anilines is 2. The van der Waals surface area contributed by atoms with Crippen LogP contribution in [0.25, 0.3) is 11.1 Å². The Morgan fingerprint density at radius 1 is 1.18 bits per heavy atom. The summed E-state index contributed by atoms with van der Waals surface area (Å²) < 4.78 is 5.18. The van der Waals surface area contributed by atoms with Gasteiger partial charge in [0.05, 0.1) is 16.6 Å². The second-order valence-corrected chi connectivity index (χ2v) is 7.20. The fraction of sp³-hybridized carbons (Fsp3) is 0.381. The van der Waals surface area contributed by atoms with Gasteiger partial charge in [-0.3, -0.25) is 4.79 Å². The Labute approximate surface area is 164 Å². The zero-order chi connectivity index (χ0) is 19.5. The van der Waals surface area contributed by atoms with Gasteiger partial charge in [0.2, 0.25) is 0 Å². The van der Waals surface area contributed by atoms with Gasteiger partial charge in [-0.05, 0) is 56.8 Å². The molecule has 0 atom stereocenters. The molecule has 28 heavy (non-hydrogen) atoms. The van der Waals surface area contributed by atoms with Crippen molar-refractivity contribution in [1.82, 2.24) is 15.0 Å². The van der Waals surface area contributed by atoms with E-state index < -0.39 is 0 Å². The second-order valence-electron chi connectivity index (χ2n) is 7.20. The molecular formula is C21H25N5O2. The van der Waals surface area contributed by atoms with Gasteiger partial charge in [0, 0.05) is 37.2 Å². The van der Waals surface area contributed by atoms with Gasteiger partial charge in [0.15, 0.2) is 0 Å². The molecule has 7 heteroatoms. The molecule has 2 aromatic heterocycles. The van der Waals surface area contributed by atoms with E-state index in [1.807, 2.05) is 19.1 Å². The second kappa shape index (κ2) is 7.98. The highest BCUT2D eigenvalue weighted by molar-refractivity contribution is 6.05. The number of benzene rings is 1. The number of hydrogen-bond acceptors (Lipinski definition) is 6. The third kappa shape index (κ3) is 3.84. The monoisotopic (exact) mass is 379 g/mol. The van der Waals surface area contributed by atoms with Crippen LogP contribution in [0.4, 0.5) is 11.4 Å². The minimum Gasteiger partial charge on any atom is -0.370 e. The summed E-state index contributed by atoms with van der Waals surface area (Å²) in [7, 11) is 2.16. The molecule has 4 rings (SSSR count). The van der Waals surface area contributed by atoms with Crippen molar-refractivity contribution in [3.8, 4) is 0 Å². The van der Waals surface area contributed by atoms with E-state index in [1.54, 1.807) is 6.07 Å². The Hall–Kier alpha value is -2.93. The summed E-state index contributed by atoms with van der Waals surface area (Å²) in [4.78, 5) is 21.6. The molecule has 1 amide bonds. The first-order valence-electron chi connectivity index (χ1n) is 9.73. The lowest BCUT2D eigenvalue weighted by Crippen LogP contribution is -2.28. The average molecular weight is 379 g/mol. The number of carbonyl (C=O) groups excluding carboxylic acids is 1. The van der Waals surface area contributed by atoms with Crippen LogP contribution >= 0.6 is 0 Å². The number of nitrogens with one attached hydrogen (secondary N) is 1. The van der Waals surface area contributed by atoms with E-state index in [-0.39, 0.29) is 5.91 Å². The first-order chi connectivity index (χ1) is 13.6. The molecular weight excluding hydrogens is 354 g/mol. The van der Waals surface area contributed by atoms with Crippen molar-refractivity contribution >= 4 is 28.4 Å². The summed E-state index contributed by atoms with van der Waals surface area (Å²) in [5.41, 5.74) is 3.71. The summed E-state index contributed by atoms with van der Waals surface area (Å²) in [5, 5.41) is 7.72. The summed E-state index contributed by atoms with van der Waals surface area (Å²) in [6.45, 7) is 6.27. The lowest BCUT2D eigenvalue weighted by molar-refractivity contribution is 0.102. The van der Waals surface area contributed by atoms with E-state index in [0.717, 1.165) is 55.8 Å². The average Bonchev–Trinajstić information content (AvgIpc) is 3.01. The summed E-state index contributed by atoms with van der Waals surface area (Å²) in [5.74, 6) is -0.193. The van der Waals surface area contributed by atoms with E-state index in [0.29, 0.717) is 11.3 Å². The van der Waals surface area contributed by atoms with Gasteiger partial charge in [0.1, 0.15) is 0 Å². The van der Waals surface area contributed by atoms with Crippen LogP contribution in [0.3, 0.4) is 0 Å². The van der Waals surface area contributed by atoms with Gasteiger partial charge < -0.3 is 19.6 Å². The van der Waals surface area contributed by atoms with Crippen molar-refractivity contribution < 1.29 is 9.32 Å². The Kier molecular flexibility index (Phi) is 5.25. The van der Waals surface area contributed by atoms with Gasteiger partial charge in [-0.1, -0.05) is 12.1 Å². The number of aryl methyl sites for hydroxylation is 1. The van der Waals surface area contributed by atoms with Crippen LogP contribution in [0.15, 0.2) is 41.1 Å². The molecule has 0 radical (unpaired) electrons. The first kappa shape index (κ1) is 18.4. The maximum Gasteiger partial charge on any atom is 0.257 e. The molecule has 1 saturated heterocycles. The highest BCUT2D eigenvalue weighted by Crippen LogP contribution is 2.21. The topological polar surface area (TPSA) is 74.5 Å². The van der Waals surface area contributed by atoms with Crippen molar-refractivity contribution in [2.24, 2.45) is 0 Å². The minimum atomic E-state index is -0.193. The van der Waals surface area contributed by atoms with Crippen molar-refractivity contribution in [2.45, 2.75) is 19.8 Å². The van der Waals surface area contributed by atoms with Crippen LogP contribution in [0.1, 0.15) is 29.4 Å². The van der Waals surface area contributed by atoms with Gasteiger partial charge >= 0.3 is 0 Å². The van der Waals surface area contributed by atoms with E-state index in [4.69, 9.17) is 4.52 Å². The third-order valence-corrected chi connectivity index (χ3v) is 5.21. The van der Waals surface area contributed by atoms with Crippen LogP contribution < -0.4 is 10.2 Å². The standard InChI is InChI=1S/C21H25N5O2/c1-3-19-18-13-15(14-22-21(18)28-24-19)20(27)23-16-5-7-17(8-6-16)26-10-4-9-25(2)11-12-26/h5-8,13-14H,3-4,9-12H2,1-2H3,(H,23,27). The van der Waals surface area contributed by atoms with Crippen LogP contribution in [-0.4, -0.2) is 54.2 Å². The number of aromatic nitrogens is 2. The Bertz CT molecular complexity index is 967. The summed E-state index contributed by atoms with van der Waals surface area (Å²) in [6.07, 6.45) is 3.41. The lowest BCUT2D eigenvalue weighted by atomic mass is 10.1. The predicted molar refractivity (Wildman–Crippen MR) is 110 cm³/mol. The summed E-state index contributed by atoms with van der Waals surface area (Å²) >= 11 is 0. The quantitative estimate of drug-likeness (QED) is 0.750. The van der Waals surface area contributed by atoms with Crippen LogP contribution in [0.2, 0.25) is 0 Å². The van der Waals surface area contributed by atoms with Crippen LogP contribution in [0.5, 0.6) is 0 Å². The molecule has 3 aromatic rings. The molecule has 1 N–H and O–H groups in total. The fourth-order valence-corrected chi connectivity index (χ4v) is 3.52.